The van der Waals surface area contributed by atoms with E-state index in [1.165, 1.54) is 12.1 Å². The van der Waals surface area contributed by atoms with Gasteiger partial charge in [-0.3, -0.25) is 4.79 Å². The summed E-state index contributed by atoms with van der Waals surface area (Å²) < 4.78 is 33.9. The number of carbonyl (C=O) groups is 1. The van der Waals surface area contributed by atoms with Crippen LogP contribution in [-0.2, 0) is 20.2 Å². The van der Waals surface area contributed by atoms with Gasteiger partial charge in [0.05, 0.1) is 4.90 Å². The quantitative estimate of drug-likeness (QED) is 0.547. The number of hydrogen-bond donors (Lipinski definition) is 2. The van der Waals surface area contributed by atoms with E-state index >= 15 is 0 Å². The molecule has 2 N–H and O–H groups in total. The lowest BCUT2D eigenvalue weighted by Crippen LogP contribution is -2.32. The van der Waals surface area contributed by atoms with Crippen molar-refractivity contribution < 1.29 is 17.9 Å². The van der Waals surface area contributed by atoms with Crippen LogP contribution in [0.25, 0.3) is 0 Å². The third-order valence-corrected chi connectivity index (χ3v) is 6.62. The maximum atomic E-state index is 12.3. The molecule has 30 heavy (non-hydrogen) atoms. The first-order chi connectivity index (χ1) is 13.9. The fraction of sp³-hybridized carbons (Fsp3) is 0.409. The normalized spacial score (nSPS) is 13.0. The molecule has 0 spiro atoms. The summed E-state index contributed by atoms with van der Waals surface area (Å²) in [5, 5.41) is 2.72. The van der Waals surface area contributed by atoms with Crippen LogP contribution in [0.15, 0.2) is 51.8 Å². The number of anilines is 1. The van der Waals surface area contributed by atoms with Crippen molar-refractivity contribution in [2.45, 2.75) is 57.4 Å². The summed E-state index contributed by atoms with van der Waals surface area (Å²) in [4.78, 5) is 12.5. The predicted molar refractivity (Wildman–Crippen MR) is 123 cm³/mol. The summed E-state index contributed by atoms with van der Waals surface area (Å²) in [5.41, 5.74) is 1.35. The molecule has 0 aromatic heterocycles. The fourth-order valence-electron chi connectivity index (χ4n) is 2.69. The fourth-order valence-corrected chi connectivity index (χ4v) is 4.38. The third kappa shape index (κ3) is 6.82. The summed E-state index contributed by atoms with van der Waals surface area (Å²) in [6.45, 7) is 9.80. The van der Waals surface area contributed by atoms with Crippen molar-refractivity contribution >= 4 is 37.5 Å². The van der Waals surface area contributed by atoms with E-state index in [4.69, 9.17) is 4.74 Å². The Morgan fingerprint density at radius 2 is 1.77 bits per heavy atom. The van der Waals surface area contributed by atoms with Crippen LogP contribution in [0.5, 0.6) is 5.75 Å². The molecular weight excluding hydrogens is 468 g/mol. The molecule has 1 amide bonds. The van der Waals surface area contributed by atoms with Crippen LogP contribution in [0.4, 0.5) is 5.69 Å². The molecule has 2 rings (SSSR count). The maximum Gasteiger partial charge on any atom is 0.262 e. The van der Waals surface area contributed by atoms with Gasteiger partial charge in [-0.05, 0) is 61.2 Å². The lowest BCUT2D eigenvalue weighted by atomic mass is 9.86. The Morgan fingerprint density at radius 1 is 1.13 bits per heavy atom. The molecule has 164 valence electrons. The number of halogens is 1. The summed E-state index contributed by atoms with van der Waals surface area (Å²) >= 11 is 3.47. The second kappa shape index (κ2) is 9.94. The van der Waals surface area contributed by atoms with E-state index in [0.29, 0.717) is 17.9 Å². The minimum absolute atomic E-state index is 0.139. The summed E-state index contributed by atoms with van der Waals surface area (Å²) in [7, 11) is -3.58. The Bertz CT molecular complexity index is 983. The number of ether oxygens (including phenoxy) is 1. The first-order valence-electron chi connectivity index (χ1n) is 9.77. The number of hydrogen-bond acceptors (Lipinski definition) is 4. The van der Waals surface area contributed by atoms with Gasteiger partial charge < -0.3 is 10.1 Å². The SMILES string of the molecule is CCC(C)NS(=O)(=O)c1ccc(NC(=O)COc2ccc(Br)cc2C(C)(C)C)cc1. The number of sulfonamides is 1. The molecule has 0 aliphatic carbocycles. The predicted octanol–water partition coefficient (Wildman–Crippen LogP) is 4.84. The average Bonchev–Trinajstić information content (AvgIpc) is 2.66. The van der Waals surface area contributed by atoms with Crippen LogP contribution in [0, 0.1) is 0 Å². The van der Waals surface area contributed by atoms with Crippen LogP contribution < -0.4 is 14.8 Å². The maximum absolute atomic E-state index is 12.3. The molecule has 0 saturated heterocycles. The van der Waals surface area contributed by atoms with Crippen molar-refractivity contribution in [2.75, 3.05) is 11.9 Å². The summed E-state index contributed by atoms with van der Waals surface area (Å²) in [6, 6.07) is 11.6. The number of benzene rings is 2. The molecule has 1 atom stereocenters. The Balaban J connectivity index is 2.01. The van der Waals surface area contributed by atoms with Gasteiger partial charge in [-0.2, -0.15) is 0 Å². The zero-order valence-corrected chi connectivity index (χ0v) is 20.4. The van der Waals surface area contributed by atoms with Crippen LogP contribution in [0.2, 0.25) is 0 Å². The van der Waals surface area contributed by atoms with Crippen LogP contribution >= 0.6 is 15.9 Å². The topological polar surface area (TPSA) is 84.5 Å². The smallest absolute Gasteiger partial charge is 0.262 e. The van der Waals surface area contributed by atoms with Gasteiger partial charge in [0.1, 0.15) is 5.75 Å². The minimum Gasteiger partial charge on any atom is -0.483 e. The molecule has 2 aromatic rings. The Morgan fingerprint density at radius 3 is 2.33 bits per heavy atom. The van der Waals surface area contributed by atoms with E-state index < -0.39 is 10.0 Å². The molecule has 6 nitrogen and oxygen atoms in total. The molecule has 0 bridgehead atoms. The van der Waals surface area contributed by atoms with Gasteiger partial charge in [-0.25, -0.2) is 13.1 Å². The lowest BCUT2D eigenvalue weighted by Gasteiger charge is -2.23. The monoisotopic (exact) mass is 496 g/mol. The number of nitrogens with one attached hydrogen (secondary N) is 2. The van der Waals surface area contributed by atoms with Crippen molar-refractivity contribution in [3.05, 3.63) is 52.5 Å². The average molecular weight is 497 g/mol. The first kappa shape index (κ1) is 24.4. The molecule has 0 aliphatic heterocycles. The van der Waals surface area contributed by atoms with Crippen LogP contribution in [0.3, 0.4) is 0 Å². The first-order valence-corrected chi connectivity index (χ1v) is 12.0. The van der Waals surface area contributed by atoms with Gasteiger partial charge in [-0.15, -0.1) is 0 Å². The highest BCUT2D eigenvalue weighted by Gasteiger charge is 2.20. The third-order valence-electron chi connectivity index (χ3n) is 4.53. The molecule has 0 fully saturated rings. The molecule has 0 heterocycles. The zero-order valence-electron chi connectivity index (χ0n) is 18.0. The van der Waals surface area contributed by atoms with Crippen molar-refractivity contribution in [3.63, 3.8) is 0 Å². The van der Waals surface area contributed by atoms with Gasteiger partial charge in [0, 0.05) is 21.8 Å². The van der Waals surface area contributed by atoms with Crippen molar-refractivity contribution in [3.8, 4) is 5.75 Å². The second-order valence-electron chi connectivity index (χ2n) is 8.18. The van der Waals surface area contributed by atoms with Gasteiger partial charge >= 0.3 is 0 Å². The Labute approximate surface area is 187 Å². The molecule has 1 unspecified atom stereocenters. The highest BCUT2D eigenvalue weighted by Crippen LogP contribution is 2.33. The van der Waals surface area contributed by atoms with Gasteiger partial charge in [-0.1, -0.05) is 43.6 Å². The second-order valence-corrected chi connectivity index (χ2v) is 10.8. The molecule has 0 aliphatic rings. The van der Waals surface area contributed by atoms with Crippen molar-refractivity contribution in [2.24, 2.45) is 0 Å². The number of amides is 1. The molecule has 0 saturated carbocycles. The largest absolute Gasteiger partial charge is 0.483 e. The molecule has 0 radical (unpaired) electrons. The Kier molecular flexibility index (Phi) is 8.07. The molecule has 8 heteroatoms. The number of carbonyl (C=O) groups excluding carboxylic acids is 1. The van der Waals surface area contributed by atoms with Gasteiger partial charge in [0.2, 0.25) is 10.0 Å². The highest BCUT2D eigenvalue weighted by molar-refractivity contribution is 9.10. The van der Waals surface area contributed by atoms with Crippen LogP contribution in [0.1, 0.15) is 46.6 Å². The summed E-state index contributed by atoms with van der Waals surface area (Å²) in [6.07, 6.45) is 0.697. The highest BCUT2D eigenvalue weighted by atomic mass is 79.9. The standard InChI is InChI=1S/C22H29BrN2O4S/c1-6-15(2)25-30(27,28)18-10-8-17(9-11-18)24-21(26)14-29-20-12-7-16(23)13-19(20)22(3,4)5/h7-13,15,25H,6,14H2,1-5H3,(H,24,26). The van der Waals surface area contributed by atoms with E-state index in [1.54, 1.807) is 12.1 Å². The van der Waals surface area contributed by atoms with Gasteiger partial charge in [0.15, 0.2) is 6.61 Å². The van der Waals surface area contributed by atoms with Crippen molar-refractivity contribution in [1.29, 1.82) is 0 Å². The van der Waals surface area contributed by atoms with Crippen LogP contribution in [-0.4, -0.2) is 27.0 Å². The van der Waals surface area contributed by atoms with E-state index in [1.807, 2.05) is 32.0 Å². The Hall–Kier alpha value is -1.90. The van der Waals surface area contributed by atoms with E-state index in [2.05, 4.69) is 46.7 Å². The van der Waals surface area contributed by atoms with E-state index in [9.17, 15) is 13.2 Å². The molecule has 2 aromatic carbocycles. The summed E-state index contributed by atoms with van der Waals surface area (Å²) in [5.74, 6) is 0.324. The number of rotatable bonds is 8. The zero-order chi connectivity index (χ0) is 22.5. The van der Waals surface area contributed by atoms with Crippen molar-refractivity contribution in [1.82, 2.24) is 4.72 Å². The molecular formula is C22H29BrN2O4S. The van der Waals surface area contributed by atoms with E-state index in [0.717, 1.165) is 10.0 Å². The minimum atomic E-state index is -3.58. The van der Waals surface area contributed by atoms with E-state index in [-0.39, 0.29) is 28.9 Å². The lowest BCUT2D eigenvalue weighted by molar-refractivity contribution is -0.118. The van der Waals surface area contributed by atoms with Gasteiger partial charge in [0.25, 0.3) is 5.91 Å².